The molecule has 2 aromatic rings. The maximum Gasteiger partial charge on any atom is 0.242 e. The molecule has 0 unspecified atom stereocenters. The van der Waals surface area contributed by atoms with Gasteiger partial charge in [0.15, 0.2) is 0 Å². The lowest BCUT2D eigenvalue weighted by atomic mass is 10.2. The number of hydrogen-bond donors (Lipinski definition) is 0. The van der Waals surface area contributed by atoms with Gasteiger partial charge < -0.3 is 9.47 Å². The minimum Gasteiger partial charge on any atom is -0.494 e. The molecule has 0 aliphatic carbocycles. The minimum absolute atomic E-state index is 0.240. The van der Waals surface area contributed by atoms with Crippen LogP contribution in [0.25, 0.3) is 0 Å². The van der Waals surface area contributed by atoms with Gasteiger partial charge in [0.05, 0.1) is 11.5 Å². The Morgan fingerprint density at radius 3 is 2.29 bits per heavy atom. The fraction of sp³-hybridized carbons (Fsp3) is 0.333. The topological polar surface area (TPSA) is 55.8 Å². The van der Waals surface area contributed by atoms with Crippen LogP contribution in [0.3, 0.4) is 0 Å². The van der Waals surface area contributed by atoms with Crippen LogP contribution in [0.1, 0.15) is 12.5 Å². The van der Waals surface area contributed by atoms with Crippen molar-refractivity contribution in [2.75, 3.05) is 26.8 Å². The monoisotopic (exact) mass is 349 g/mol. The molecule has 0 spiro atoms. The Hall–Kier alpha value is -2.05. The Bertz CT molecular complexity index is 757. The lowest BCUT2D eigenvalue weighted by Gasteiger charge is -2.18. The lowest BCUT2D eigenvalue weighted by molar-refractivity contribution is 0.285. The quantitative estimate of drug-likeness (QED) is 0.735. The summed E-state index contributed by atoms with van der Waals surface area (Å²) in [4.78, 5) is 0.240. The van der Waals surface area contributed by atoms with Crippen molar-refractivity contribution < 1.29 is 17.9 Å². The average molecular weight is 349 g/mol. The fourth-order valence-corrected chi connectivity index (χ4v) is 3.33. The zero-order valence-electron chi connectivity index (χ0n) is 14.2. The summed E-state index contributed by atoms with van der Waals surface area (Å²) in [7, 11) is -1.99. The first-order valence-electron chi connectivity index (χ1n) is 7.82. The lowest BCUT2D eigenvalue weighted by Crippen LogP contribution is -2.31. The van der Waals surface area contributed by atoms with Gasteiger partial charge in [-0.05, 0) is 49.7 Å². The molecule has 0 bridgehead atoms. The van der Waals surface area contributed by atoms with E-state index < -0.39 is 10.0 Å². The molecule has 6 heteroatoms. The molecule has 130 valence electrons. The van der Waals surface area contributed by atoms with Crippen molar-refractivity contribution in [1.82, 2.24) is 4.31 Å². The van der Waals surface area contributed by atoms with Gasteiger partial charge in [-0.1, -0.05) is 18.2 Å². The Morgan fingerprint density at radius 2 is 1.67 bits per heavy atom. The van der Waals surface area contributed by atoms with Crippen LogP contribution in [0.5, 0.6) is 11.5 Å². The highest BCUT2D eigenvalue weighted by Gasteiger charge is 2.20. The molecule has 24 heavy (non-hydrogen) atoms. The molecule has 0 radical (unpaired) electrons. The van der Waals surface area contributed by atoms with E-state index in [1.54, 1.807) is 31.3 Å². The van der Waals surface area contributed by atoms with Gasteiger partial charge in [0.1, 0.15) is 18.1 Å². The van der Waals surface area contributed by atoms with Crippen molar-refractivity contribution in [2.45, 2.75) is 18.7 Å². The van der Waals surface area contributed by atoms with Crippen LogP contribution < -0.4 is 9.47 Å². The van der Waals surface area contributed by atoms with Gasteiger partial charge in [0.2, 0.25) is 10.0 Å². The molecule has 0 amide bonds. The van der Waals surface area contributed by atoms with Gasteiger partial charge in [-0.2, -0.15) is 4.31 Å². The molecule has 2 aromatic carbocycles. The van der Waals surface area contributed by atoms with E-state index in [4.69, 9.17) is 9.47 Å². The summed E-state index contributed by atoms with van der Waals surface area (Å²) < 4.78 is 37.4. The van der Waals surface area contributed by atoms with Crippen LogP contribution in [0.2, 0.25) is 0 Å². The number of para-hydroxylation sites is 1. The smallest absolute Gasteiger partial charge is 0.242 e. The van der Waals surface area contributed by atoms with E-state index >= 15 is 0 Å². The SMILES string of the molecule is CCOc1ccc(S(=O)(=O)N(C)CCOc2ccccc2C)cc1. The van der Waals surface area contributed by atoms with E-state index in [1.165, 1.54) is 4.31 Å². The van der Waals surface area contributed by atoms with E-state index in [2.05, 4.69) is 0 Å². The van der Waals surface area contributed by atoms with Crippen molar-refractivity contribution in [3.8, 4) is 11.5 Å². The number of hydrogen-bond acceptors (Lipinski definition) is 4. The number of sulfonamides is 1. The predicted octanol–water partition coefficient (Wildman–Crippen LogP) is 3.09. The summed E-state index contributed by atoms with van der Waals surface area (Å²) in [6, 6.07) is 14.1. The number of rotatable bonds is 8. The molecule has 0 fully saturated rings. The van der Waals surface area contributed by atoms with E-state index in [0.29, 0.717) is 12.4 Å². The first-order valence-corrected chi connectivity index (χ1v) is 9.26. The zero-order chi connectivity index (χ0) is 17.6. The second kappa shape index (κ2) is 8.17. The van der Waals surface area contributed by atoms with Crippen molar-refractivity contribution in [2.24, 2.45) is 0 Å². The summed E-state index contributed by atoms with van der Waals surface area (Å²) in [6.45, 7) is 4.94. The van der Waals surface area contributed by atoms with Gasteiger partial charge in [-0.3, -0.25) is 0 Å². The molecule has 0 aliphatic rings. The molecular formula is C18H23NO4S. The van der Waals surface area contributed by atoms with Crippen LogP contribution in [-0.4, -0.2) is 39.5 Å². The molecule has 0 saturated heterocycles. The van der Waals surface area contributed by atoms with Crippen molar-refractivity contribution >= 4 is 10.0 Å². The summed E-state index contributed by atoms with van der Waals surface area (Å²) in [6.07, 6.45) is 0. The third kappa shape index (κ3) is 4.49. The number of aryl methyl sites for hydroxylation is 1. The molecule has 5 nitrogen and oxygen atoms in total. The summed E-state index contributed by atoms with van der Waals surface area (Å²) in [5.41, 5.74) is 1.02. The van der Waals surface area contributed by atoms with Crippen LogP contribution >= 0.6 is 0 Å². The molecule has 0 N–H and O–H groups in total. The van der Waals surface area contributed by atoms with E-state index in [0.717, 1.165) is 11.3 Å². The highest BCUT2D eigenvalue weighted by atomic mass is 32.2. The molecule has 0 saturated carbocycles. The number of nitrogens with zero attached hydrogens (tertiary/aromatic N) is 1. The fourth-order valence-electron chi connectivity index (χ4n) is 2.18. The van der Waals surface area contributed by atoms with Crippen molar-refractivity contribution in [3.05, 3.63) is 54.1 Å². The molecular weight excluding hydrogens is 326 g/mol. The summed E-state index contributed by atoms with van der Waals surface area (Å²) in [5.74, 6) is 1.42. The molecule has 2 rings (SSSR count). The maximum atomic E-state index is 12.5. The van der Waals surface area contributed by atoms with Crippen LogP contribution in [0.4, 0.5) is 0 Å². The number of ether oxygens (including phenoxy) is 2. The Morgan fingerprint density at radius 1 is 1.00 bits per heavy atom. The minimum atomic E-state index is -3.54. The van der Waals surface area contributed by atoms with Gasteiger partial charge in [-0.15, -0.1) is 0 Å². The summed E-state index contributed by atoms with van der Waals surface area (Å²) in [5, 5.41) is 0. The first kappa shape index (κ1) is 18.3. The molecule has 0 atom stereocenters. The highest BCUT2D eigenvalue weighted by Crippen LogP contribution is 2.19. The second-order valence-electron chi connectivity index (χ2n) is 5.34. The molecule has 0 heterocycles. The van der Waals surface area contributed by atoms with Gasteiger partial charge in [0, 0.05) is 13.6 Å². The van der Waals surface area contributed by atoms with Gasteiger partial charge >= 0.3 is 0 Å². The van der Waals surface area contributed by atoms with E-state index in [9.17, 15) is 8.42 Å². The normalized spacial score (nSPS) is 11.5. The maximum absolute atomic E-state index is 12.5. The Kier molecular flexibility index (Phi) is 6.23. The Labute approximate surface area is 143 Å². The predicted molar refractivity (Wildman–Crippen MR) is 94.1 cm³/mol. The summed E-state index contributed by atoms with van der Waals surface area (Å²) >= 11 is 0. The molecule has 0 aliphatic heterocycles. The largest absolute Gasteiger partial charge is 0.494 e. The zero-order valence-corrected chi connectivity index (χ0v) is 15.0. The van der Waals surface area contributed by atoms with Crippen LogP contribution in [0.15, 0.2) is 53.4 Å². The number of benzene rings is 2. The first-order chi connectivity index (χ1) is 11.4. The van der Waals surface area contributed by atoms with Gasteiger partial charge in [0.25, 0.3) is 0 Å². The van der Waals surface area contributed by atoms with Crippen LogP contribution in [0, 0.1) is 6.92 Å². The second-order valence-corrected chi connectivity index (χ2v) is 7.39. The molecule has 0 aromatic heterocycles. The van der Waals surface area contributed by atoms with E-state index in [-0.39, 0.29) is 18.0 Å². The standard InChI is InChI=1S/C18H23NO4S/c1-4-22-16-9-11-17(12-10-16)24(20,21)19(3)13-14-23-18-8-6-5-7-15(18)2/h5-12H,4,13-14H2,1-3H3. The van der Waals surface area contributed by atoms with E-state index in [1.807, 2.05) is 38.1 Å². The average Bonchev–Trinajstić information content (AvgIpc) is 2.57. The van der Waals surface area contributed by atoms with Crippen molar-refractivity contribution in [1.29, 1.82) is 0 Å². The highest BCUT2D eigenvalue weighted by molar-refractivity contribution is 7.89. The number of likely N-dealkylation sites (N-methyl/N-ethyl adjacent to an activating group) is 1. The third-order valence-electron chi connectivity index (χ3n) is 3.60. The van der Waals surface area contributed by atoms with Gasteiger partial charge in [-0.25, -0.2) is 8.42 Å². The third-order valence-corrected chi connectivity index (χ3v) is 5.47. The Balaban J connectivity index is 1.97. The van der Waals surface area contributed by atoms with Crippen molar-refractivity contribution in [3.63, 3.8) is 0 Å². The van der Waals surface area contributed by atoms with Crippen LogP contribution in [-0.2, 0) is 10.0 Å².